The average molecular weight is 1890 g/mol. The van der Waals surface area contributed by atoms with Gasteiger partial charge >= 0.3 is 50.8 Å². The number of carbonyl (C=O) groups is 8. The van der Waals surface area contributed by atoms with Gasteiger partial charge in [0.25, 0.3) is 16.6 Å². The molecular weight excluding hydrogens is 1750 g/mol. The summed E-state index contributed by atoms with van der Waals surface area (Å²) in [5.74, 6) is -1.46. The van der Waals surface area contributed by atoms with Gasteiger partial charge in [-0.25, -0.2) is 21.2 Å². The summed E-state index contributed by atoms with van der Waals surface area (Å²) >= 11 is 0. The van der Waals surface area contributed by atoms with E-state index in [9.17, 15) is 47.5 Å². The Morgan fingerprint density at radius 2 is 0.748 bits per heavy atom. The Labute approximate surface area is 803 Å². The topological polar surface area (TPSA) is 402 Å². The summed E-state index contributed by atoms with van der Waals surface area (Å²) < 4.78 is 62.9. The quantitative estimate of drug-likeness (QED) is 0.00322. The van der Waals surface area contributed by atoms with Crippen LogP contribution in [0, 0.1) is 11.8 Å². The molecule has 0 heterocycles. The number of ether oxygens (including phenoxy) is 1. The maximum atomic E-state index is 13.2. The first-order valence-corrected chi connectivity index (χ1v) is 50.4. The standard InChI is InChI=1S/C36H52N3O6PSi.C30H39N3O3Si.C22H27N3O5.C6H13O4P.CN.2CH4.B.Na/c1-6-43-46(42,44-7-2)29-28-37-33(35(41)38-30-20-12-8-13-21-30)26-18-11-19-27-34(40)39-45-47(36(3,4)5,31-22-14-9-15-23-31)32-24-16-10-17-25-32;1-30(2,3)37(25-18-10-5-11-19-25,26-20-12-6-13-21-26)36-33-28(34)23-15-7-14-22-27(31)29(35)32-24-16-8-4-9-17-24;26-20(25-29)15-9-3-8-14-19(21(27)23-18-12-6-2-7-13-18)24-22(28)30-16-17-10-4-1-5-11-17;1-3-9-11(8,6-5-7)10-4-2;1-2;;;;/h8-10,12-17,20-25,33,37H,6-7,11,18-19,26-29H2,1-5H3,(H,38,41)(H,39,40);4-6,8-13,16-21,27H,7,14-15,22-23,31H2,1-3H3,(H,32,35)(H,33,34);1-2,4-7,10-13,19,29H,3,8-9,14-16H2,(H,23,27)(H,24,28)(H,25,26);5H,3-4,6H2,1-2H3;;2*1H4;;/q;;;;-1;;;;+1. The zero-order valence-electron chi connectivity index (χ0n) is 76.6. The largest absolute Gasteiger partial charge is 1.00 e. The van der Waals surface area contributed by atoms with Gasteiger partial charge in [-0.05, 0) is 139 Å². The van der Waals surface area contributed by atoms with Crippen LogP contribution < -0.4 is 99.1 Å². The van der Waals surface area contributed by atoms with Crippen LogP contribution in [0.1, 0.15) is 186 Å². The van der Waals surface area contributed by atoms with E-state index in [-0.39, 0.29) is 131 Å². The van der Waals surface area contributed by atoms with Gasteiger partial charge in [-0.2, -0.15) is 0 Å². The summed E-state index contributed by atoms with van der Waals surface area (Å²) in [5, 5.41) is 33.1. The normalized spacial score (nSPS) is 11.7. The molecule has 131 heavy (non-hydrogen) atoms. The zero-order valence-corrected chi connectivity index (χ0v) is 82.3. The molecule has 7 amide bonds. The fraction of sp³-hybridized carbons (Fsp3) is 0.412. The number of nitrogens with zero attached hydrogens (tertiary/aromatic N) is 1. The Morgan fingerprint density at radius 1 is 0.443 bits per heavy atom. The number of hydrogen-bond donors (Lipinski definition) is 10. The summed E-state index contributed by atoms with van der Waals surface area (Å²) in [6.45, 7) is 26.3. The summed E-state index contributed by atoms with van der Waals surface area (Å²) in [6, 6.07) is 75.7. The summed E-state index contributed by atoms with van der Waals surface area (Å²) in [5.41, 5.74) is 16.2. The van der Waals surface area contributed by atoms with Crippen LogP contribution in [-0.2, 0) is 81.2 Å². The smallest absolute Gasteiger partial charge is 0.512 e. The molecule has 3 radical (unpaired) electrons. The molecule has 3 unspecified atom stereocenters. The van der Waals surface area contributed by atoms with E-state index >= 15 is 0 Å². The van der Waals surface area contributed by atoms with Gasteiger partial charge in [0.05, 0.1) is 44.7 Å². The van der Waals surface area contributed by atoms with Crippen molar-refractivity contribution in [2.75, 3.05) is 61.2 Å². The van der Waals surface area contributed by atoms with Crippen molar-refractivity contribution in [3.8, 4) is 0 Å². The molecule has 34 heteroatoms. The number of unbranched alkanes of at least 4 members (excludes halogenated alkanes) is 6. The predicted octanol–water partition coefficient (Wildman–Crippen LogP) is 13.7. The minimum absolute atomic E-state index is 0. The third kappa shape index (κ3) is 44.8. The molecule has 0 saturated heterocycles. The van der Waals surface area contributed by atoms with Crippen molar-refractivity contribution < 1.29 is 114 Å². The van der Waals surface area contributed by atoms with Crippen molar-refractivity contribution >= 4 is 126 Å². The van der Waals surface area contributed by atoms with Crippen molar-refractivity contribution in [1.29, 1.82) is 5.26 Å². The van der Waals surface area contributed by atoms with Gasteiger partial charge in [-0.15, -0.1) is 0 Å². The van der Waals surface area contributed by atoms with Crippen LogP contribution in [0.3, 0.4) is 0 Å². The molecule has 28 nitrogen and oxygen atoms in total. The van der Waals surface area contributed by atoms with Gasteiger partial charge in [-0.3, -0.25) is 43.1 Å². The number of hydrogen-bond acceptors (Lipinski definition) is 21. The third-order valence-electron chi connectivity index (χ3n) is 19.8. The van der Waals surface area contributed by atoms with E-state index in [4.69, 9.17) is 54.7 Å². The molecule has 0 bridgehead atoms. The second-order valence-corrected chi connectivity index (χ2v) is 44.0. The Morgan fingerprint density at radius 3 is 1.08 bits per heavy atom. The predicted molar refractivity (Wildman–Crippen MR) is 523 cm³/mol. The number of nitrogens with two attached hydrogens (primary N) is 1. The van der Waals surface area contributed by atoms with Crippen molar-refractivity contribution in [2.45, 2.75) is 215 Å². The molecule has 0 saturated carbocycles. The number of para-hydroxylation sites is 3. The number of carbonyl (C=O) groups excluding carboxylic acids is 8. The van der Waals surface area contributed by atoms with Gasteiger partial charge < -0.3 is 80.8 Å². The molecule has 11 N–H and O–H groups in total. The fourth-order valence-corrected chi connectivity index (χ4v) is 24.8. The molecule has 0 fully saturated rings. The number of hydroxylamine groups is 3. The molecule has 8 aromatic carbocycles. The molecule has 8 rings (SSSR count). The van der Waals surface area contributed by atoms with Crippen LogP contribution in [0.2, 0.25) is 10.1 Å². The number of benzene rings is 8. The van der Waals surface area contributed by atoms with Gasteiger partial charge in [-0.1, -0.05) is 301 Å². The Bertz CT molecular complexity index is 4500. The summed E-state index contributed by atoms with van der Waals surface area (Å²) in [6.07, 6.45) is 8.48. The Hall–Kier alpha value is -9.39. The van der Waals surface area contributed by atoms with Crippen LogP contribution in [0.15, 0.2) is 243 Å². The number of nitrogens with one attached hydrogen (secondary N) is 8. The zero-order chi connectivity index (χ0) is 93.3. The number of aldehydes is 1. The van der Waals surface area contributed by atoms with Crippen molar-refractivity contribution in [2.24, 2.45) is 5.73 Å². The van der Waals surface area contributed by atoms with E-state index in [1.165, 1.54) is 0 Å². The van der Waals surface area contributed by atoms with Crippen LogP contribution >= 0.6 is 15.2 Å². The van der Waals surface area contributed by atoms with Gasteiger partial charge in [0.1, 0.15) is 25.1 Å². The van der Waals surface area contributed by atoms with Gasteiger partial charge in [0.2, 0.25) is 35.4 Å². The monoisotopic (exact) mass is 1880 g/mol. The third-order valence-corrected chi connectivity index (χ3v) is 33.4. The molecule has 0 spiro atoms. The first-order valence-electron chi connectivity index (χ1n) is 43.1. The number of amides is 7. The fourth-order valence-electron chi connectivity index (χ4n) is 13.6. The minimum atomic E-state index is -3.24. The van der Waals surface area contributed by atoms with Gasteiger partial charge in [0.15, 0.2) is 0 Å². The van der Waals surface area contributed by atoms with E-state index in [1.807, 2.05) is 170 Å². The Kier molecular flexibility index (Phi) is 62.9. The maximum absolute atomic E-state index is 13.2. The average Bonchev–Trinajstić information content (AvgIpc) is 0.751. The van der Waals surface area contributed by atoms with Crippen LogP contribution in [0.5, 0.6) is 0 Å². The number of alkyl carbamates (subject to hydrolysis) is 1. The van der Waals surface area contributed by atoms with E-state index in [0.717, 1.165) is 57.7 Å². The molecule has 0 aliphatic carbocycles. The van der Waals surface area contributed by atoms with Gasteiger partial charge in [0, 0.05) is 51.3 Å². The maximum Gasteiger partial charge on any atom is 1.00 e. The van der Waals surface area contributed by atoms with E-state index in [0.29, 0.717) is 102 Å². The molecule has 0 aliphatic rings. The van der Waals surface area contributed by atoms with E-state index in [1.54, 1.807) is 57.4 Å². The summed E-state index contributed by atoms with van der Waals surface area (Å²) in [4.78, 5) is 97.3. The van der Waals surface area contributed by atoms with E-state index in [2.05, 4.69) is 128 Å². The molecule has 0 aliphatic heterocycles. The number of anilines is 3. The van der Waals surface area contributed by atoms with Crippen LogP contribution in [-0.4, -0.2) is 141 Å². The van der Waals surface area contributed by atoms with Crippen molar-refractivity contribution in [1.82, 2.24) is 27.1 Å². The SMILES string of the molecule is C.C.CC(C)(C)[Si](ONC(=O)CCCCCC(N)C(=O)Nc1ccccc1)(c1ccccc1)c1ccccc1.CCOP(=O)(CC=O)OCC.CCOP(=O)(CCNC(CCCCCC(=O)NO[Si](c1ccccc1)(c1ccccc1)C(C)(C)C)C(=O)Nc1ccccc1)OCC.O=C(CCCCCC(NC(=O)OCc1ccccc1)C(=O)Nc1ccccc1)NO.[B].[C-]#N.[Na+]. The van der Waals surface area contributed by atoms with E-state index < -0.39 is 62.0 Å². The molecule has 0 aromatic heterocycles. The Balaban J connectivity index is 0.00000182. The number of rotatable bonds is 49. The summed E-state index contributed by atoms with van der Waals surface area (Å²) in [7, 11) is -12.0. The first-order chi connectivity index (χ1) is 61.0. The first kappa shape index (κ1) is 122. The minimum Gasteiger partial charge on any atom is -0.512 e. The molecule has 3 atom stereocenters. The van der Waals surface area contributed by atoms with Crippen LogP contribution in [0.4, 0.5) is 21.9 Å². The second-order valence-electron chi connectivity index (χ2n) is 31.3. The molecule has 8 aromatic rings. The van der Waals surface area contributed by atoms with Crippen molar-refractivity contribution in [3.05, 3.63) is 255 Å². The molecule has 707 valence electrons. The van der Waals surface area contributed by atoms with Crippen molar-refractivity contribution in [3.63, 3.8) is 0 Å². The van der Waals surface area contributed by atoms with Crippen LogP contribution in [0.25, 0.3) is 0 Å². The second kappa shape index (κ2) is 67.7. The molecular formula is C97H139BN10NaO18P2Si2.